The highest BCUT2D eigenvalue weighted by Crippen LogP contribution is 2.65. The Kier molecular flexibility index (Phi) is 12.4. The third kappa shape index (κ3) is 7.97. The molecule has 7 aliphatic rings. The molecular weight excluding hydrogens is 809 g/mol. The van der Waals surface area contributed by atoms with E-state index in [1.54, 1.807) is 0 Å². The number of ether oxygens (including phenoxy) is 3. The molecule has 1 spiro atoms. The number of aromatic hydroxyl groups is 2. The summed E-state index contributed by atoms with van der Waals surface area (Å²) in [6.45, 7) is 0.0821. The van der Waals surface area contributed by atoms with Gasteiger partial charge in [0.05, 0.1) is 50.3 Å². The highest BCUT2D eigenvalue weighted by atomic mass is 16.5. The SMILES string of the molecule is CNC1C=CC2C(C1)CC1(CCCC1)C1C(O)CCC3(O)CCC(CCOc4ccc(C5CCC6C(O)CC(c7c(CO)c(O)c(O)c(OC)c7Cc7cc[nH]c7)OC6C5)cc4C21)C3. The van der Waals surface area contributed by atoms with Crippen LogP contribution in [0, 0.1) is 35.0 Å². The van der Waals surface area contributed by atoms with Crippen LogP contribution in [0.5, 0.6) is 23.0 Å². The Hall–Kier alpha value is -3.58. The summed E-state index contributed by atoms with van der Waals surface area (Å²) in [5.74, 6) is 1.53. The van der Waals surface area contributed by atoms with Crippen molar-refractivity contribution in [2.24, 2.45) is 35.0 Å². The molecule has 4 saturated carbocycles. The van der Waals surface area contributed by atoms with E-state index >= 15 is 0 Å². The topological polar surface area (TPSA) is 177 Å². The molecule has 10 rings (SSSR count). The van der Waals surface area contributed by atoms with Gasteiger partial charge in [-0.25, -0.2) is 0 Å². The summed E-state index contributed by atoms with van der Waals surface area (Å²) in [5, 5.41) is 73.0. The summed E-state index contributed by atoms with van der Waals surface area (Å²) >= 11 is 0. The number of rotatable bonds is 7. The van der Waals surface area contributed by atoms with Gasteiger partial charge in [0.25, 0.3) is 0 Å². The quantitative estimate of drug-likeness (QED) is 0.0853. The van der Waals surface area contributed by atoms with Crippen molar-refractivity contribution in [3.8, 4) is 23.0 Å². The lowest BCUT2D eigenvalue weighted by Gasteiger charge is -2.56. The van der Waals surface area contributed by atoms with Crippen molar-refractivity contribution in [3.05, 3.63) is 82.2 Å². The number of aromatic nitrogens is 1. The van der Waals surface area contributed by atoms with Crippen LogP contribution in [0.3, 0.4) is 0 Å². The van der Waals surface area contributed by atoms with Crippen LogP contribution in [-0.4, -0.2) is 86.3 Å². The Bertz CT molecular complexity index is 2150. The smallest absolute Gasteiger partial charge is 0.201 e. The van der Waals surface area contributed by atoms with Crippen molar-refractivity contribution in [2.75, 3.05) is 20.8 Å². The number of fused-ring (bicyclic) bond motifs is 9. The number of hydrogen-bond donors (Lipinski definition) is 8. The van der Waals surface area contributed by atoms with Crippen LogP contribution in [0.25, 0.3) is 0 Å². The Morgan fingerprint density at radius 3 is 2.48 bits per heavy atom. The molecule has 13 atom stereocenters. The van der Waals surface area contributed by atoms with Crippen molar-refractivity contribution >= 4 is 0 Å². The molecule has 11 heteroatoms. The molecule has 5 aliphatic carbocycles. The molecule has 2 aliphatic heterocycles. The number of allylic oxidation sites excluding steroid dienone is 1. The molecule has 8 N–H and O–H groups in total. The largest absolute Gasteiger partial charge is 0.504 e. The fourth-order valence-corrected chi connectivity index (χ4v) is 14.9. The molecule has 0 radical (unpaired) electrons. The maximum absolute atomic E-state index is 12.7. The fourth-order valence-electron chi connectivity index (χ4n) is 14.9. The van der Waals surface area contributed by atoms with Gasteiger partial charge in [-0.3, -0.25) is 0 Å². The molecule has 64 heavy (non-hydrogen) atoms. The van der Waals surface area contributed by atoms with Gasteiger partial charge < -0.3 is 55.2 Å². The predicted octanol–water partition coefficient (Wildman–Crippen LogP) is 8.19. The molecule has 11 nitrogen and oxygen atoms in total. The summed E-state index contributed by atoms with van der Waals surface area (Å²) < 4.78 is 19.7. The molecule has 3 aromatic rings. The van der Waals surface area contributed by atoms with Crippen LogP contribution in [0.4, 0.5) is 0 Å². The number of methoxy groups -OCH3 is 1. The number of likely N-dealkylation sites (N-methyl/N-ethyl adjacent to an activating group) is 1. The second-order valence-corrected chi connectivity index (χ2v) is 21.3. The van der Waals surface area contributed by atoms with Crippen LogP contribution in [-0.2, 0) is 17.8 Å². The summed E-state index contributed by atoms with van der Waals surface area (Å²) in [7, 11) is 3.52. The zero-order valence-electron chi connectivity index (χ0n) is 37.9. The summed E-state index contributed by atoms with van der Waals surface area (Å²) in [6.07, 6.45) is 21.0. The molecule has 1 aromatic heterocycles. The molecule has 1 saturated heterocycles. The van der Waals surface area contributed by atoms with Crippen LogP contribution >= 0.6 is 0 Å². The number of aromatic amines is 1. The van der Waals surface area contributed by atoms with E-state index < -0.39 is 42.0 Å². The lowest BCUT2D eigenvalue weighted by atomic mass is 9.49. The third-order valence-electron chi connectivity index (χ3n) is 18.0. The van der Waals surface area contributed by atoms with E-state index in [4.69, 9.17) is 14.2 Å². The maximum Gasteiger partial charge on any atom is 0.201 e. The number of nitrogens with one attached hydrogen (secondary N) is 2. The molecule has 3 heterocycles. The second-order valence-electron chi connectivity index (χ2n) is 21.3. The predicted molar refractivity (Wildman–Crippen MR) is 244 cm³/mol. The first-order valence-corrected chi connectivity index (χ1v) is 24.7. The number of phenols is 2. The maximum atomic E-state index is 12.7. The minimum Gasteiger partial charge on any atom is -0.504 e. The van der Waals surface area contributed by atoms with E-state index in [9.17, 15) is 30.6 Å². The minimum absolute atomic E-state index is 0.0286. The van der Waals surface area contributed by atoms with Gasteiger partial charge in [0.2, 0.25) is 5.75 Å². The second kappa shape index (κ2) is 17.9. The molecule has 5 fully saturated rings. The van der Waals surface area contributed by atoms with Gasteiger partial charge in [0, 0.05) is 48.3 Å². The monoisotopic (exact) mass is 881 g/mol. The summed E-state index contributed by atoms with van der Waals surface area (Å²) in [6, 6.07) is 9.17. The summed E-state index contributed by atoms with van der Waals surface area (Å²) in [4.78, 5) is 3.09. The van der Waals surface area contributed by atoms with Gasteiger partial charge >= 0.3 is 0 Å². The first-order valence-electron chi connectivity index (χ1n) is 24.7. The average molecular weight is 881 g/mol. The first-order chi connectivity index (χ1) is 31.0. The van der Waals surface area contributed by atoms with E-state index in [-0.39, 0.29) is 52.4 Å². The normalized spacial score (nSPS) is 37.0. The molecular formula is C53H72N2O9. The van der Waals surface area contributed by atoms with Crippen LogP contribution < -0.4 is 14.8 Å². The van der Waals surface area contributed by atoms with Crippen LogP contribution in [0.2, 0.25) is 0 Å². The van der Waals surface area contributed by atoms with E-state index in [1.165, 1.54) is 31.1 Å². The van der Waals surface area contributed by atoms with Crippen molar-refractivity contribution in [1.29, 1.82) is 0 Å². The highest BCUT2D eigenvalue weighted by molar-refractivity contribution is 5.64. The van der Waals surface area contributed by atoms with Crippen molar-refractivity contribution < 1.29 is 44.8 Å². The molecule has 2 aromatic carbocycles. The van der Waals surface area contributed by atoms with Gasteiger partial charge in [-0.1, -0.05) is 37.1 Å². The minimum atomic E-state index is -0.717. The molecule has 13 unspecified atom stereocenters. The number of aliphatic hydroxyl groups is 4. The Balaban J connectivity index is 1.02. The Morgan fingerprint density at radius 2 is 1.72 bits per heavy atom. The van der Waals surface area contributed by atoms with E-state index in [1.807, 2.05) is 18.5 Å². The first kappa shape index (κ1) is 44.3. The number of benzene rings is 2. The number of phenolic OH excluding ortho intramolecular Hbond substituents is 1. The van der Waals surface area contributed by atoms with Gasteiger partial charge in [0.1, 0.15) is 5.75 Å². The van der Waals surface area contributed by atoms with E-state index in [2.05, 4.69) is 47.7 Å². The number of aliphatic hydroxyl groups excluding tert-OH is 3. The van der Waals surface area contributed by atoms with Gasteiger partial charge in [-0.2, -0.15) is 0 Å². The molecule has 348 valence electrons. The van der Waals surface area contributed by atoms with Gasteiger partial charge in [-0.15, -0.1) is 0 Å². The van der Waals surface area contributed by atoms with Crippen molar-refractivity contribution in [1.82, 2.24) is 10.3 Å². The lowest BCUT2D eigenvalue weighted by molar-refractivity contribution is -0.154. The van der Waals surface area contributed by atoms with Crippen molar-refractivity contribution in [3.63, 3.8) is 0 Å². The lowest BCUT2D eigenvalue weighted by Crippen LogP contribution is -2.52. The molecule has 0 amide bonds. The zero-order chi connectivity index (χ0) is 44.3. The standard InChI is InChI=1S/C53H72N2O9/c1-54-35-7-9-36-34(22-35)27-52(15-3-4-16-52)48-41(57)12-18-53(61)17-11-30(26-53)14-20-63-43-10-6-32(23-38(43)47(36)48)33-5-8-37-42(58)25-45(64-44(37)24-33)46-39(21-31-13-19-55-28-31)51(62-2)50(60)49(59)40(46)29-56/h6-7,9-10,13,19,23,28,30,33-37,41-42,44-45,47-48,54-61H,3-5,8,11-12,14-18,20-22,24-27,29H2,1-2H3. The number of H-pyrrole nitrogens is 1. The van der Waals surface area contributed by atoms with Crippen LogP contribution in [0.15, 0.2) is 48.8 Å². The number of hydrogen-bond acceptors (Lipinski definition) is 10. The highest BCUT2D eigenvalue weighted by Gasteiger charge is 2.57. The van der Waals surface area contributed by atoms with Gasteiger partial charge in [0.15, 0.2) is 11.5 Å². The van der Waals surface area contributed by atoms with E-state index in [0.717, 1.165) is 75.5 Å². The van der Waals surface area contributed by atoms with Gasteiger partial charge in [-0.05, 0) is 166 Å². The third-order valence-corrected chi connectivity index (χ3v) is 18.0. The van der Waals surface area contributed by atoms with Crippen LogP contribution in [0.1, 0.15) is 154 Å². The van der Waals surface area contributed by atoms with E-state index in [0.29, 0.717) is 67.7 Å². The Labute approximate surface area is 378 Å². The van der Waals surface area contributed by atoms with Crippen molar-refractivity contribution in [2.45, 2.75) is 164 Å². The zero-order valence-corrected chi connectivity index (χ0v) is 37.9. The Morgan fingerprint density at radius 1 is 0.891 bits per heavy atom. The summed E-state index contributed by atoms with van der Waals surface area (Å²) in [5.41, 5.74) is 4.05. The average Bonchev–Trinajstić information content (AvgIpc) is 4.08. The fraction of sp³-hybridized carbons (Fsp3) is 0.660. The molecule has 2 bridgehead atoms.